The van der Waals surface area contributed by atoms with E-state index in [1.165, 1.54) is 0 Å². The number of hydrogen-bond donors (Lipinski definition) is 0. The number of ether oxygens (including phenoxy) is 2. The van der Waals surface area contributed by atoms with Crippen LogP contribution < -0.4 is 4.74 Å². The van der Waals surface area contributed by atoms with Gasteiger partial charge in [-0.2, -0.15) is 0 Å². The van der Waals surface area contributed by atoms with Crippen molar-refractivity contribution < 1.29 is 19.1 Å². The second kappa shape index (κ2) is 6.07. The first-order valence-electron chi connectivity index (χ1n) is 6.68. The SMILES string of the molecule is CCC(C)(Oc1ccc(C=O)cc1)C(=O)OC(C)(C)C. The van der Waals surface area contributed by atoms with Gasteiger partial charge in [0.1, 0.15) is 17.6 Å². The molecule has 0 amide bonds. The fraction of sp³-hybridized carbons (Fsp3) is 0.500. The van der Waals surface area contributed by atoms with Crippen LogP contribution in [-0.4, -0.2) is 23.5 Å². The van der Waals surface area contributed by atoms with Gasteiger partial charge in [0.15, 0.2) is 0 Å². The predicted octanol–water partition coefficient (Wildman–Crippen LogP) is 3.39. The molecule has 4 heteroatoms. The van der Waals surface area contributed by atoms with E-state index in [1.807, 2.05) is 27.7 Å². The Hall–Kier alpha value is -1.84. The molecule has 0 heterocycles. The molecule has 0 spiro atoms. The smallest absolute Gasteiger partial charge is 0.350 e. The van der Waals surface area contributed by atoms with Crippen molar-refractivity contribution >= 4 is 12.3 Å². The highest BCUT2D eigenvalue weighted by atomic mass is 16.6. The minimum atomic E-state index is -1.05. The Bertz CT molecular complexity index is 470. The first kappa shape index (κ1) is 16.2. The van der Waals surface area contributed by atoms with Gasteiger partial charge in [-0.1, -0.05) is 6.92 Å². The highest BCUT2D eigenvalue weighted by Gasteiger charge is 2.37. The zero-order valence-electron chi connectivity index (χ0n) is 12.7. The molecular weight excluding hydrogens is 256 g/mol. The van der Waals surface area contributed by atoms with Gasteiger partial charge in [0.2, 0.25) is 5.60 Å². The third-order valence-corrected chi connectivity index (χ3v) is 2.86. The number of esters is 1. The molecule has 1 aromatic rings. The summed E-state index contributed by atoms with van der Waals surface area (Å²) in [5.74, 6) is 0.137. The minimum Gasteiger partial charge on any atom is -0.476 e. The summed E-state index contributed by atoms with van der Waals surface area (Å²) in [5, 5.41) is 0. The largest absolute Gasteiger partial charge is 0.476 e. The molecule has 0 aromatic heterocycles. The summed E-state index contributed by atoms with van der Waals surface area (Å²) in [6, 6.07) is 6.63. The molecule has 0 radical (unpaired) electrons. The molecule has 0 saturated carbocycles. The fourth-order valence-corrected chi connectivity index (χ4v) is 1.52. The Morgan fingerprint density at radius 2 is 1.70 bits per heavy atom. The molecule has 0 aliphatic rings. The molecule has 0 N–H and O–H groups in total. The van der Waals surface area contributed by atoms with Crippen LogP contribution in [-0.2, 0) is 9.53 Å². The highest BCUT2D eigenvalue weighted by molar-refractivity contribution is 5.80. The van der Waals surface area contributed by atoms with Gasteiger partial charge in [-0.25, -0.2) is 4.79 Å². The number of benzene rings is 1. The molecule has 1 rings (SSSR count). The van der Waals surface area contributed by atoms with Gasteiger partial charge in [0.25, 0.3) is 0 Å². The molecule has 4 nitrogen and oxygen atoms in total. The van der Waals surface area contributed by atoms with Crippen molar-refractivity contribution in [2.45, 2.75) is 52.2 Å². The third kappa shape index (κ3) is 4.37. The standard InChI is InChI=1S/C16H22O4/c1-6-16(5,14(18)20-15(2,3)4)19-13-9-7-12(11-17)8-10-13/h7-11H,6H2,1-5H3. The quantitative estimate of drug-likeness (QED) is 0.612. The number of carbonyl (C=O) groups excluding carboxylic acids is 2. The second-order valence-electron chi connectivity index (χ2n) is 5.88. The van der Waals surface area contributed by atoms with Gasteiger partial charge in [0, 0.05) is 5.56 Å². The van der Waals surface area contributed by atoms with E-state index in [0.29, 0.717) is 17.7 Å². The van der Waals surface area contributed by atoms with Crippen molar-refractivity contribution in [1.82, 2.24) is 0 Å². The zero-order valence-corrected chi connectivity index (χ0v) is 12.7. The normalized spacial score (nSPS) is 14.2. The van der Waals surface area contributed by atoms with Crippen LogP contribution in [0, 0.1) is 0 Å². The van der Waals surface area contributed by atoms with E-state index in [4.69, 9.17) is 9.47 Å². The van der Waals surface area contributed by atoms with Crippen LogP contribution in [0.3, 0.4) is 0 Å². The molecule has 0 aliphatic carbocycles. The van der Waals surface area contributed by atoms with E-state index in [9.17, 15) is 9.59 Å². The Morgan fingerprint density at radius 3 is 2.10 bits per heavy atom. The van der Waals surface area contributed by atoms with Crippen LogP contribution in [0.4, 0.5) is 0 Å². The lowest BCUT2D eigenvalue weighted by molar-refractivity contribution is -0.172. The molecule has 0 aliphatic heterocycles. The topological polar surface area (TPSA) is 52.6 Å². The van der Waals surface area contributed by atoms with Crippen molar-refractivity contribution in [3.63, 3.8) is 0 Å². The summed E-state index contributed by atoms with van der Waals surface area (Å²) < 4.78 is 11.2. The predicted molar refractivity (Wildman–Crippen MR) is 77.0 cm³/mol. The van der Waals surface area contributed by atoms with E-state index in [0.717, 1.165) is 6.29 Å². The van der Waals surface area contributed by atoms with Gasteiger partial charge in [-0.05, 0) is 58.4 Å². The van der Waals surface area contributed by atoms with E-state index in [2.05, 4.69) is 0 Å². The number of rotatable bonds is 5. The summed E-state index contributed by atoms with van der Waals surface area (Å²) in [7, 11) is 0. The Balaban J connectivity index is 2.87. The maximum Gasteiger partial charge on any atom is 0.350 e. The maximum atomic E-state index is 12.2. The lowest BCUT2D eigenvalue weighted by Crippen LogP contribution is -2.45. The molecule has 1 unspecified atom stereocenters. The van der Waals surface area contributed by atoms with Gasteiger partial charge < -0.3 is 9.47 Å². The van der Waals surface area contributed by atoms with E-state index < -0.39 is 17.2 Å². The third-order valence-electron chi connectivity index (χ3n) is 2.86. The molecule has 1 aromatic carbocycles. The number of carbonyl (C=O) groups is 2. The monoisotopic (exact) mass is 278 g/mol. The van der Waals surface area contributed by atoms with Crippen LogP contribution >= 0.6 is 0 Å². The van der Waals surface area contributed by atoms with Gasteiger partial charge in [-0.15, -0.1) is 0 Å². The molecule has 0 bridgehead atoms. The van der Waals surface area contributed by atoms with Crippen molar-refractivity contribution in [2.75, 3.05) is 0 Å². The van der Waals surface area contributed by atoms with E-state index in [1.54, 1.807) is 31.2 Å². The fourth-order valence-electron chi connectivity index (χ4n) is 1.52. The van der Waals surface area contributed by atoms with Crippen LogP contribution in [0.25, 0.3) is 0 Å². The lowest BCUT2D eigenvalue weighted by atomic mass is 10.0. The van der Waals surface area contributed by atoms with Gasteiger partial charge >= 0.3 is 5.97 Å². The second-order valence-corrected chi connectivity index (χ2v) is 5.88. The summed E-state index contributed by atoms with van der Waals surface area (Å²) >= 11 is 0. The molecule has 0 fully saturated rings. The van der Waals surface area contributed by atoms with Crippen molar-refractivity contribution in [1.29, 1.82) is 0 Å². The minimum absolute atomic E-state index is 0.396. The summed E-state index contributed by atoms with van der Waals surface area (Å²) in [6.07, 6.45) is 1.24. The van der Waals surface area contributed by atoms with Crippen molar-refractivity contribution in [3.8, 4) is 5.75 Å². The molecule has 0 saturated heterocycles. The average Bonchev–Trinajstić information content (AvgIpc) is 2.37. The Labute approximate surface area is 120 Å². The Morgan fingerprint density at radius 1 is 1.15 bits per heavy atom. The zero-order chi connectivity index (χ0) is 15.4. The lowest BCUT2D eigenvalue weighted by Gasteiger charge is -2.31. The van der Waals surface area contributed by atoms with Gasteiger partial charge in [-0.3, -0.25) is 4.79 Å². The average molecular weight is 278 g/mol. The summed E-state index contributed by atoms with van der Waals surface area (Å²) in [5.41, 5.74) is -1.04. The van der Waals surface area contributed by atoms with E-state index in [-0.39, 0.29) is 0 Å². The van der Waals surface area contributed by atoms with E-state index >= 15 is 0 Å². The highest BCUT2D eigenvalue weighted by Crippen LogP contribution is 2.25. The Kier molecular flexibility index (Phi) is 4.93. The maximum absolute atomic E-state index is 12.2. The van der Waals surface area contributed by atoms with Crippen LogP contribution in [0.2, 0.25) is 0 Å². The first-order valence-corrected chi connectivity index (χ1v) is 6.68. The van der Waals surface area contributed by atoms with Gasteiger partial charge in [0.05, 0.1) is 0 Å². The van der Waals surface area contributed by atoms with Crippen LogP contribution in [0.1, 0.15) is 51.4 Å². The molecule has 20 heavy (non-hydrogen) atoms. The van der Waals surface area contributed by atoms with Crippen molar-refractivity contribution in [2.24, 2.45) is 0 Å². The first-order chi connectivity index (χ1) is 9.20. The molecular formula is C16H22O4. The molecule has 1 atom stereocenters. The summed E-state index contributed by atoms with van der Waals surface area (Å²) in [6.45, 7) is 9.03. The van der Waals surface area contributed by atoms with Crippen LogP contribution in [0.5, 0.6) is 5.75 Å². The van der Waals surface area contributed by atoms with Crippen molar-refractivity contribution in [3.05, 3.63) is 29.8 Å². The molecule has 110 valence electrons. The van der Waals surface area contributed by atoms with Crippen LogP contribution in [0.15, 0.2) is 24.3 Å². The number of hydrogen-bond acceptors (Lipinski definition) is 4. The number of aldehydes is 1. The summed E-state index contributed by atoms with van der Waals surface area (Å²) in [4.78, 5) is 22.8.